The second kappa shape index (κ2) is 11.3. The Bertz CT molecular complexity index is 530. The Kier molecular flexibility index (Phi) is 9.88. The number of hydrogen-bond acceptors (Lipinski definition) is 5. The van der Waals surface area contributed by atoms with Gasteiger partial charge in [0.25, 0.3) is 0 Å². The van der Waals surface area contributed by atoms with Crippen LogP contribution in [0.15, 0.2) is 27.8 Å². The average molecular weight is 464 g/mol. The van der Waals surface area contributed by atoms with Crippen LogP contribution in [0.2, 0.25) is 0 Å². The van der Waals surface area contributed by atoms with Crippen molar-refractivity contribution in [3.63, 3.8) is 0 Å². The molecule has 0 radical (unpaired) electrons. The van der Waals surface area contributed by atoms with E-state index in [0.717, 1.165) is 18.8 Å². The summed E-state index contributed by atoms with van der Waals surface area (Å²) in [6.07, 6.45) is 4.16. The third-order valence-corrected chi connectivity index (χ3v) is 4.32. The van der Waals surface area contributed by atoms with E-state index in [1.165, 1.54) is 20.0 Å². The van der Waals surface area contributed by atoms with Gasteiger partial charge in [-0.25, -0.2) is 0 Å². The molecule has 8 heteroatoms. The van der Waals surface area contributed by atoms with Gasteiger partial charge < -0.3 is 19.8 Å². The maximum Gasteiger partial charge on any atom is 0.310 e. The Labute approximate surface area is 166 Å². The van der Waals surface area contributed by atoms with Crippen LogP contribution in [0.25, 0.3) is 0 Å². The van der Waals surface area contributed by atoms with Gasteiger partial charge in [0, 0.05) is 20.1 Å². The number of halogens is 1. The number of guanidine groups is 1. The first-order chi connectivity index (χ1) is 11.7. The van der Waals surface area contributed by atoms with E-state index >= 15 is 0 Å². The van der Waals surface area contributed by atoms with Gasteiger partial charge in [-0.1, -0.05) is 6.92 Å². The quantitative estimate of drug-likeness (QED) is 0.278. The molecule has 142 valence electrons. The molecule has 0 aromatic carbocycles. The molecule has 2 unspecified atom stereocenters. The molecule has 2 atom stereocenters. The minimum atomic E-state index is -0.233. The van der Waals surface area contributed by atoms with E-state index in [1.807, 2.05) is 19.1 Å². The lowest BCUT2D eigenvalue weighted by atomic mass is 10.2. The first-order valence-corrected chi connectivity index (χ1v) is 8.45. The number of nitrogens with one attached hydrogen (secondary N) is 2. The maximum absolute atomic E-state index is 11.5. The van der Waals surface area contributed by atoms with Crippen LogP contribution in [0.4, 0.5) is 0 Å². The molecule has 0 saturated carbocycles. The summed E-state index contributed by atoms with van der Waals surface area (Å²) in [4.78, 5) is 18.1. The fraction of sp³-hybridized carbons (Fsp3) is 0.647. The van der Waals surface area contributed by atoms with Crippen LogP contribution in [-0.4, -0.2) is 57.2 Å². The molecule has 7 nitrogen and oxygen atoms in total. The van der Waals surface area contributed by atoms with Crippen molar-refractivity contribution in [2.45, 2.75) is 25.8 Å². The van der Waals surface area contributed by atoms with Gasteiger partial charge >= 0.3 is 5.97 Å². The lowest BCUT2D eigenvalue weighted by Gasteiger charge is -2.27. The summed E-state index contributed by atoms with van der Waals surface area (Å²) in [6.45, 7) is 5.15. The molecule has 25 heavy (non-hydrogen) atoms. The number of carbonyl (C=O) groups excluding carboxylic acids is 1. The topological polar surface area (TPSA) is 79.1 Å². The highest BCUT2D eigenvalue weighted by Gasteiger charge is 2.25. The number of esters is 1. The van der Waals surface area contributed by atoms with Gasteiger partial charge in [-0.2, -0.15) is 0 Å². The van der Waals surface area contributed by atoms with Crippen LogP contribution in [0.3, 0.4) is 0 Å². The fourth-order valence-corrected chi connectivity index (χ4v) is 2.89. The Morgan fingerprint density at radius 2 is 2.04 bits per heavy atom. The summed E-state index contributed by atoms with van der Waals surface area (Å²) in [7, 11) is 3.12. The Hall–Kier alpha value is -1.29. The van der Waals surface area contributed by atoms with Gasteiger partial charge in [-0.05, 0) is 38.1 Å². The molecule has 0 spiro atoms. The van der Waals surface area contributed by atoms with Crippen molar-refractivity contribution in [2.24, 2.45) is 10.9 Å². The standard InChI is InChI=1S/C17H28N4O3.HI/c1-13(16(22)23-3)11-19-17(18-2)20-12-14(15-7-6-10-24-15)21-8-4-5-9-21;/h6-7,10,13-14H,4-5,8-9,11-12H2,1-3H3,(H2,18,19,20);1H. The predicted octanol–water partition coefficient (Wildman–Crippen LogP) is 2.01. The van der Waals surface area contributed by atoms with E-state index in [4.69, 9.17) is 9.15 Å². The highest BCUT2D eigenvalue weighted by molar-refractivity contribution is 14.0. The van der Waals surface area contributed by atoms with Gasteiger partial charge in [0.2, 0.25) is 0 Å². The third kappa shape index (κ3) is 6.50. The SMILES string of the molecule is CN=C(NCC(C)C(=O)OC)NCC(c1ccco1)N1CCCC1.I. The molecule has 0 amide bonds. The van der Waals surface area contributed by atoms with Crippen molar-refractivity contribution < 1.29 is 13.9 Å². The van der Waals surface area contributed by atoms with E-state index in [-0.39, 0.29) is 41.9 Å². The van der Waals surface area contributed by atoms with Crippen LogP contribution in [0, 0.1) is 5.92 Å². The van der Waals surface area contributed by atoms with Crippen LogP contribution in [-0.2, 0) is 9.53 Å². The highest BCUT2D eigenvalue weighted by atomic mass is 127. The monoisotopic (exact) mass is 464 g/mol. The van der Waals surface area contributed by atoms with Crippen LogP contribution in [0.1, 0.15) is 31.6 Å². The number of aliphatic imine (C=N–C) groups is 1. The Morgan fingerprint density at radius 3 is 2.60 bits per heavy atom. The number of likely N-dealkylation sites (tertiary alicyclic amines) is 1. The van der Waals surface area contributed by atoms with Crippen LogP contribution < -0.4 is 10.6 Å². The largest absolute Gasteiger partial charge is 0.469 e. The smallest absolute Gasteiger partial charge is 0.310 e. The molecule has 2 heterocycles. The van der Waals surface area contributed by atoms with Gasteiger partial charge in [0.15, 0.2) is 5.96 Å². The second-order valence-corrected chi connectivity index (χ2v) is 6.03. The zero-order valence-electron chi connectivity index (χ0n) is 15.2. The van der Waals surface area contributed by atoms with E-state index in [1.54, 1.807) is 13.3 Å². The first kappa shape index (κ1) is 21.8. The van der Waals surface area contributed by atoms with Crippen molar-refractivity contribution >= 4 is 35.9 Å². The van der Waals surface area contributed by atoms with Crippen molar-refractivity contribution in [3.05, 3.63) is 24.2 Å². The number of nitrogens with zero attached hydrogens (tertiary/aromatic N) is 2. The predicted molar refractivity (Wildman–Crippen MR) is 108 cm³/mol. The molecular weight excluding hydrogens is 435 g/mol. The third-order valence-electron chi connectivity index (χ3n) is 4.32. The zero-order valence-corrected chi connectivity index (χ0v) is 17.5. The van der Waals surface area contributed by atoms with Crippen LogP contribution >= 0.6 is 24.0 Å². The van der Waals surface area contributed by atoms with Crippen molar-refractivity contribution in [2.75, 3.05) is 40.3 Å². The molecule has 2 N–H and O–H groups in total. The molecule has 1 fully saturated rings. The van der Waals surface area contributed by atoms with Crippen LogP contribution in [0.5, 0.6) is 0 Å². The number of furan rings is 1. The summed E-state index contributed by atoms with van der Waals surface area (Å²) in [5.41, 5.74) is 0. The summed E-state index contributed by atoms with van der Waals surface area (Å²) < 4.78 is 10.3. The van der Waals surface area contributed by atoms with E-state index in [9.17, 15) is 4.79 Å². The summed E-state index contributed by atoms with van der Waals surface area (Å²) in [6, 6.07) is 4.11. The van der Waals surface area contributed by atoms with E-state index in [0.29, 0.717) is 19.0 Å². The molecule has 0 bridgehead atoms. The van der Waals surface area contributed by atoms with Crippen molar-refractivity contribution in [1.29, 1.82) is 0 Å². The number of methoxy groups -OCH3 is 1. The van der Waals surface area contributed by atoms with E-state index < -0.39 is 0 Å². The van der Waals surface area contributed by atoms with Gasteiger partial charge in [-0.3, -0.25) is 14.7 Å². The van der Waals surface area contributed by atoms with E-state index in [2.05, 4.69) is 20.5 Å². The number of hydrogen-bond donors (Lipinski definition) is 2. The molecule has 1 aliphatic heterocycles. The van der Waals surface area contributed by atoms with Crippen molar-refractivity contribution in [1.82, 2.24) is 15.5 Å². The van der Waals surface area contributed by atoms with Gasteiger partial charge in [0.05, 0.1) is 25.3 Å². The average Bonchev–Trinajstić information content (AvgIpc) is 3.30. The molecule has 0 aliphatic carbocycles. The van der Waals surface area contributed by atoms with Gasteiger partial charge in [0.1, 0.15) is 5.76 Å². The maximum atomic E-state index is 11.5. The van der Waals surface area contributed by atoms with Crippen molar-refractivity contribution in [3.8, 4) is 0 Å². The molecule has 2 rings (SSSR count). The molecule has 1 aromatic rings. The highest BCUT2D eigenvalue weighted by Crippen LogP contribution is 2.24. The number of carbonyl (C=O) groups is 1. The normalized spacial score (nSPS) is 17.5. The molecule has 1 aromatic heterocycles. The Morgan fingerprint density at radius 1 is 1.36 bits per heavy atom. The number of rotatable bonds is 7. The second-order valence-electron chi connectivity index (χ2n) is 6.03. The minimum Gasteiger partial charge on any atom is -0.469 e. The molecule has 1 saturated heterocycles. The molecular formula is C17H29IN4O3. The first-order valence-electron chi connectivity index (χ1n) is 8.45. The number of ether oxygens (including phenoxy) is 1. The lowest BCUT2D eigenvalue weighted by Crippen LogP contribution is -2.44. The Balaban J connectivity index is 0.00000312. The fourth-order valence-electron chi connectivity index (χ4n) is 2.89. The van der Waals surface area contributed by atoms with Gasteiger partial charge in [-0.15, -0.1) is 24.0 Å². The summed E-state index contributed by atoms with van der Waals surface area (Å²) in [5.74, 6) is 1.17. The molecule has 1 aliphatic rings. The summed E-state index contributed by atoms with van der Waals surface area (Å²) in [5, 5.41) is 6.50. The summed E-state index contributed by atoms with van der Waals surface area (Å²) >= 11 is 0. The zero-order chi connectivity index (χ0) is 17.4. The lowest BCUT2D eigenvalue weighted by molar-refractivity contribution is -0.144. The minimum absolute atomic E-state index is 0.